The highest BCUT2D eigenvalue weighted by molar-refractivity contribution is 8.44. The number of thiol groups is 2. The van der Waals surface area contributed by atoms with Gasteiger partial charge in [-0.3, -0.25) is 22.7 Å². The lowest BCUT2D eigenvalue weighted by Crippen LogP contribution is -2.33. The van der Waals surface area contributed by atoms with Gasteiger partial charge in [-0.2, -0.15) is 0 Å². The SMILES string of the molecule is CO[C@@H]1C[C@@](C)(CO[P@@](=O)(S)O[C@@H]2[C@@H](F)[C@@H](CO[P@@](=O)(O)S)O[C@H]2n2cnc3c(N)ncnc32)O[C@H]1n1cnc2c(N)ncnc21. The quantitative estimate of drug-likeness (QED) is 0.110. The van der Waals surface area contributed by atoms with Crippen LogP contribution in [0.1, 0.15) is 25.8 Å². The fourth-order valence-electron chi connectivity index (χ4n) is 5.32. The minimum absolute atomic E-state index is 0.0486. The first kappa shape index (κ1) is 33.4. The van der Waals surface area contributed by atoms with Gasteiger partial charge < -0.3 is 30.6 Å². The maximum atomic E-state index is 15.9. The number of halogens is 1. The van der Waals surface area contributed by atoms with Crippen LogP contribution in [-0.4, -0.2) is 94.3 Å². The van der Waals surface area contributed by atoms with Crippen LogP contribution in [0.15, 0.2) is 25.3 Å². The summed E-state index contributed by atoms with van der Waals surface area (Å²) in [5.74, 6) is 0.243. The molecule has 0 radical (unpaired) electrons. The summed E-state index contributed by atoms with van der Waals surface area (Å²) in [4.78, 5) is 34.1. The van der Waals surface area contributed by atoms with E-state index >= 15 is 4.39 Å². The van der Waals surface area contributed by atoms with Gasteiger partial charge in [-0.15, -0.1) is 0 Å². The van der Waals surface area contributed by atoms with Crippen molar-refractivity contribution in [1.29, 1.82) is 0 Å². The number of nitrogens with zero attached hydrogens (tertiary/aromatic N) is 8. The summed E-state index contributed by atoms with van der Waals surface area (Å²) in [7, 11) is 1.51. The smallest absolute Gasteiger partial charge is 0.382 e. The van der Waals surface area contributed by atoms with Crippen LogP contribution in [0.25, 0.3) is 22.3 Å². The molecule has 9 atom stereocenters. The molecule has 0 aromatic carbocycles. The Labute approximate surface area is 269 Å². The van der Waals surface area contributed by atoms with Gasteiger partial charge in [0.15, 0.2) is 41.6 Å². The third kappa shape index (κ3) is 6.61. The fourth-order valence-corrected chi connectivity index (χ4v) is 7.39. The van der Waals surface area contributed by atoms with Crippen LogP contribution in [-0.2, 0) is 36.9 Å². The highest BCUT2D eigenvalue weighted by atomic mass is 32.7. The van der Waals surface area contributed by atoms with Gasteiger partial charge in [0.25, 0.3) is 0 Å². The average Bonchev–Trinajstić information content (AvgIpc) is 3.76. The molecule has 0 saturated carbocycles. The summed E-state index contributed by atoms with van der Waals surface area (Å²) < 4.78 is 77.8. The molecule has 2 saturated heterocycles. The lowest BCUT2D eigenvalue weighted by Gasteiger charge is -2.28. The zero-order chi connectivity index (χ0) is 33.0. The van der Waals surface area contributed by atoms with Gasteiger partial charge in [-0.25, -0.2) is 43.4 Å². The van der Waals surface area contributed by atoms with E-state index in [1.54, 1.807) is 11.5 Å². The van der Waals surface area contributed by atoms with Crippen LogP contribution in [0.5, 0.6) is 0 Å². The lowest BCUT2D eigenvalue weighted by molar-refractivity contribution is -0.100. The molecule has 4 aromatic heterocycles. The molecule has 24 heteroatoms. The van der Waals surface area contributed by atoms with E-state index in [0.29, 0.717) is 11.2 Å². The van der Waals surface area contributed by atoms with E-state index < -0.39 is 62.7 Å². The number of methoxy groups -OCH3 is 1. The van der Waals surface area contributed by atoms with Crippen LogP contribution in [0.2, 0.25) is 0 Å². The van der Waals surface area contributed by atoms with Crippen molar-refractivity contribution in [3.05, 3.63) is 25.3 Å². The molecule has 0 spiro atoms. The zero-order valence-corrected chi connectivity index (χ0v) is 27.6. The van der Waals surface area contributed by atoms with E-state index in [9.17, 15) is 14.0 Å². The van der Waals surface area contributed by atoms with E-state index in [4.69, 9.17) is 39.2 Å². The molecule has 6 rings (SSSR count). The van der Waals surface area contributed by atoms with E-state index in [1.165, 1.54) is 37.0 Å². The van der Waals surface area contributed by atoms with Gasteiger partial charge in [0.2, 0.25) is 0 Å². The maximum absolute atomic E-state index is 15.9. The summed E-state index contributed by atoms with van der Waals surface area (Å²) in [6.07, 6.45) is -2.28. The molecular formula is C22H29FN10O9P2S2. The predicted octanol–water partition coefficient (Wildman–Crippen LogP) is 2.25. The van der Waals surface area contributed by atoms with Gasteiger partial charge in [-0.1, -0.05) is 24.5 Å². The molecule has 0 unspecified atom stereocenters. The summed E-state index contributed by atoms with van der Waals surface area (Å²) in [6, 6.07) is 0. The minimum atomic E-state index is -4.37. The number of alkyl halides is 1. The van der Waals surface area contributed by atoms with Crippen LogP contribution in [0.3, 0.4) is 0 Å². The lowest BCUT2D eigenvalue weighted by atomic mass is 10.0. The number of nitrogen functional groups attached to an aromatic ring is 2. The molecule has 6 heterocycles. The molecule has 2 aliphatic heterocycles. The second kappa shape index (κ2) is 12.5. The van der Waals surface area contributed by atoms with E-state index in [0.717, 1.165) is 0 Å². The third-order valence-electron chi connectivity index (χ3n) is 7.44. The molecule has 5 N–H and O–H groups in total. The number of hydrogen-bond acceptors (Lipinski definition) is 16. The Morgan fingerprint density at radius 2 is 1.61 bits per heavy atom. The van der Waals surface area contributed by atoms with Crippen LogP contribution in [0, 0.1) is 0 Å². The largest absolute Gasteiger partial charge is 0.386 e. The summed E-state index contributed by atoms with van der Waals surface area (Å²) in [5, 5.41) is 0. The number of ether oxygens (including phenoxy) is 3. The molecule has 0 bridgehead atoms. The number of anilines is 2. The molecule has 46 heavy (non-hydrogen) atoms. The topological polar surface area (TPSA) is 249 Å². The number of imidazole rings is 2. The van der Waals surface area contributed by atoms with E-state index in [1.807, 2.05) is 0 Å². The number of fused-ring (bicyclic) bond motifs is 2. The van der Waals surface area contributed by atoms with Crippen molar-refractivity contribution in [3.8, 4) is 0 Å². The zero-order valence-electron chi connectivity index (χ0n) is 24.0. The summed E-state index contributed by atoms with van der Waals surface area (Å²) >= 11 is 7.56. The van der Waals surface area contributed by atoms with Crippen LogP contribution >= 0.6 is 38.1 Å². The van der Waals surface area contributed by atoms with Crippen molar-refractivity contribution in [1.82, 2.24) is 39.0 Å². The number of hydrogen-bond donors (Lipinski definition) is 5. The Hall–Kier alpha value is -2.49. The fraction of sp³-hybridized carbons (Fsp3) is 0.545. The Balaban J connectivity index is 1.20. The van der Waals surface area contributed by atoms with Gasteiger partial charge in [0, 0.05) is 13.5 Å². The molecule has 2 fully saturated rings. The summed E-state index contributed by atoms with van der Waals surface area (Å²) in [5.41, 5.74) is 11.9. The standard InChI is InChI=1S/C22H29FN10O9P2S2/c1-22(3-10(37-2)20(41-22)32-8-30-13-16(24)26-6-28-18(13)32)5-39-44(36,46)42-15-12(23)11(4-38-43(34,35)45)40-21(15)33-9-31-14-17(25)27-7-29-19(14)33/h6-12,15,20-21H,3-5H2,1-2H3,(H,36,46)(H2,24,26,28)(H2,25,27,29)(H2,34,35,45)/t10-,11-,12+,15-,20-,21-,22+,44-/m1/s1. The normalized spacial score (nSPS) is 31.0. The summed E-state index contributed by atoms with van der Waals surface area (Å²) in [6.45, 7) is -7.97. The van der Waals surface area contributed by atoms with E-state index in [2.05, 4.69) is 54.4 Å². The van der Waals surface area contributed by atoms with Crippen molar-refractivity contribution in [2.24, 2.45) is 0 Å². The second-order valence-electron chi connectivity index (χ2n) is 10.7. The van der Waals surface area contributed by atoms with Crippen molar-refractivity contribution >= 4 is 72.1 Å². The molecular weight excluding hydrogens is 693 g/mol. The monoisotopic (exact) mass is 722 g/mol. The highest BCUT2D eigenvalue weighted by Crippen LogP contribution is 2.58. The third-order valence-corrected chi connectivity index (χ3v) is 9.87. The van der Waals surface area contributed by atoms with Crippen molar-refractivity contribution < 1.29 is 46.2 Å². The Morgan fingerprint density at radius 3 is 2.17 bits per heavy atom. The Morgan fingerprint density at radius 1 is 1.02 bits per heavy atom. The first-order valence-corrected chi connectivity index (χ1v) is 18.8. The van der Waals surface area contributed by atoms with Gasteiger partial charge in [0.1, 0.15) is 42.0 Å². The Bertz CT molecular complexity index is 1850. The molecule has 2 aliphatic rings. The average molecular weight is 723 g/mol. The molecule has 19 nitrogen and oxygen atoms in total. The van der Waals surface area contributed by atoms with Gasteiger partial charge in [0.05, 0.1) is 31.5 Å². The molecule has 0 aliphatic carbocycles. The van der Waals surface area contributed by atoms with Gasteiger partial charge >= 0.3 is 13.6 Å². The number of aromatic nitrogens is 8. The maximum Gasteiger partial charge on any atom is 0.386 e. The first-order chi connectivity index (χ1) is 21.7. The number of rotatable bonds is 11. The molecule has 0 amide bonds. The van der Waals surface area contributed by atoms with Crippen molar-refractivity contribution in [3.63, 3.8) is 0 Å². The van der Waals surface area contributed by atoms with Crippen LogP contribution < -0.4 is 11.5 Å². The highest BCUT2D eigenvalue weighted by Gasteiger charge is 2.52. The van der Waals surface area contributed by atoms with E-state index in [-0.39, 0.29) is 35.8 Å². The van der Waals surface area contributed by atoms with Gasteiger partial charge in [-0.05, 0) is 6.92 Å². The van der Waals surface area contributed by atoms with Crippen molar-refractivity contribution in [2.75, 3.05) is 31.8 Å². The Kier molecular flexibility index (Phi) is 9.09. The van der Waals surface area contributed by atoms with Crippen LogP contribution in [0.4, 0.5) is 16.0 Å². The minimum Gasteiger partial charge on any atom is -0.382 e. The molecule has 4 aromatic rings. The predicted molar refractivity (Wildman–Crippen MR) is 164 cm³/mol. The number of nitrogens with two attached hydrogens (primary N) is 2. The van der Waals surface area contributed by atoms with Crippen molar-refractivity contribution in [2.45, 2.75) is 55.9 Å². The molecule has 250 valence electrons. The first-order valence-electron chi connectivity index (χ1n) is 13.4. The second-order valence-corrected chi connectivity index (χ2v) is 16.3.